The average molecular weight is 526 g/mol. The smallest absolute Gasteiger partial charge is 0.422 e. The molecule has 2 N–H and O–H groups in total. The maximum atomic E-state index is 13.3. The van der Waals surface area contributed by atoms with Crippen molar-refractivity contribution in [3.05, 3.63) is 11.6 Å². The van der Waals surface area contributed by atoms with Crippen LogP contribution in [0.15, 0.2) is 11.6 Å². The molecule has 0 atom stereocenters. The van der Waals surface area contributed by atoms with E-state index in [1.165, 1.54) is 0 Å². The zero-order chi connectivity index (χ0) is 26.7. The maximum Gasteiger partial charge on any atom is 0.521 e. The highest BCUT2D eigenvalue weighted by molar-refractivity contribution is 6.49. The largest absolute Gasteiger partial charge is 0.521 e. The fraction of sp³-hybridized carbons (Fsp3) is 0.800. The third-order valence-electron chi connectivity index (χ3n) is 3.43. The van der Waals surface area contributed by atoms with Crippen molar-refractivity contribution in [3.63, 3.8) is 0 Å². The van der Waals surface area contributed by atoms with Crippen LogP contribution in [0, 0.1) is 0 Å². The molecule has 22 heteroatoms. The Kier molecular flexibility index (Phi) is 7.34. The summed E-state index contributed by atoms with van der Waals surface area (Å²) in [5.41, 5.74) is -3.92. The summed E-state index contributed by atoms with van der Waals surface area (Å²) in [6.45, 7) is 0. The van der Waals surface area contributed by atoms with Crippen LogP contribution in [0.2, 0.25) is 0 Å². The molecule has 0 aliphatic carbocycles. The molecule has 190 valence electrons. The minimum Gasteiger partial charge on any atom is -0.422 e. The van der Waals surface area contributed by atoms with Gasteiger partial charge in [-0.1, -0.05) is 0 Å². The van der Waals surface area contributed by atoms with Gasteiger partial charge in [-0.05, 0) is 0 Å². The van der Waals surface area contributed by atoms with Gasteiger partial charge in [0, 0.05) is 0 Å². The van der Waals surface area contributed by atoms with E-state index in [9.17, 15) is 83.4 Å². The minimum atomic E-state index is -8.96. The second-order valence-corrected chi connectivity index (χ2v) is 5.55. The van der Waals surface area contributed by atoms with Gasteiger partial charge in [0.15, 0.2) is 5.73 Å². The Morgan fingerprint density at radius 2 is 0.688 bits per heavy atom. The number of hydrogen-bond donors (Lipinski definition) is 2. The van der Waals surface area contributed by atoms with E-state index in [-0.39, 0.29) is 0 Å². The molecule has 0 unspecified atom stereocenters. The molecule has 0 aromatic heterocycles. The second kappa shape index (κ2) is 7.72. The Morgan fingerprint density at radius 3 is 0.938 bits per heavy atom. The maximum absolute atomic E-state index is 13.3. The van der Waals surface area contributed by atoms with E-state index >= 15 is 0 Å². The predicted molar refractivity (Wildman–Crippen MR) is 60.1 cm³/mol. The molecular formula is C10H2BF19O2. The number of rotatable bonds is 8. The predicted octanol–water partition coefficient (Wildman–Crippen LogP) is 5.16. The zero-order valence-electron chi connectivity index (χ0n) is 13.7. The fourth-order valence-corrected chi connectivity index (χ4v) is 1.57. The van der Waals surface area contributed by atoms with E-state index in [4.69, 9.17) is 10.0 Å². The van der Waals surface area contributed by atoms with Crippen molar-refractivity contribution in [2.24, 2.45) is 0 Å². The first-order valence-corrected chi connectivity index (χ1v) is 6.65. The molecule has 0 aliphatic heterocycles. The molecule has 32 heavy (non-hydrogen) atoms. The monoisotopic (exact) mass is 526 g/mol. The Balaban J connectivity index is 6.96. The van der Waals surface area contributed by atoms with Crippen LogP contribution >= 0.6 is 0 Å². The lowest BCUT2D eigenvalue weighted by Gasteiger charge is -2.42. The van der Waals surface area contributed by atoms with E-state index in [2.05, 4.69) is 0 Å². The molecule has 0 aromatic carbocycles. The van der Waals surface area contributed by atoms with Crippen molar-refractivity contribution in [1.82, 2.24) is 0 Å². The average Bonchev–Trinajstić information content (AvgIpc) is 2.57. The Labute approximate surface area is 161 Å². The molecule has 0 spiro atoms. The molecular weight excluding hydrogens is 524 g/mol. The van der Waals surface area contributed by atoms with Gasteiger partial charge in [-0.2, -0.15) is 74.6 Å². The Hall–Kier alpha value is -1.61. The molecule has 0 fully saturated rings. The lowest BCUT2D eigenvalue weighted by Crippen LogP contribution is -2.74. The molecule has 0 heterocycles. The van der Waals surface area contributed by atoms with E-state index in [1.807, 2.05) is 0 Å². The van der Waals surface area contributed by atoms with Gasteiger partial charge in [-0.15, -0.1) is 0 Å². The lowest BCUT2D eigenvalue weighted by atomic mass is 9.84. The standard InChI is InChI=1S/C10H2BF19O2/c12-1(2(13)11(31)32)3(14,15)4(16,17)5(18,19)6(20,21)7(22,23)8(24,25)9(26,27)10(28,29)30/h31-32H. The second-order valence-electron chi connectivity index (χ2n) is 5.55. The molecule has 2 nitrogen and oxygen atoms in total. The SMILES string of the molecule is OB(O)C(F)=C(F)C(F)(F)C(F)(F)C(F)(F)C(F)(F)C(F)(F)C(F)(F)C(F)(F)C(F)(F)F. The first-order valence-electron chi connectivity index (χ1n) is 6.65. The molecule has 0 rings (SSSR count). The molecule has 0 saturated carbocycles. The normalized spacial score (nSPS) is 16.8. The van der Waals surface area contributed by atoms with Gasteiger partial charge >= 0.3 is 54.8 Å². The van der Waals surface area contributed by atoms with Crippen molar-refractivity contribution < 1.29 is 93.5 Å². The quantitative estimate of drug-likeness (QED) is 0.340. The van der Waals surface area contributed by atoms with Crippen LogP contribution in [-0.2, 0) is 0 Å². The molecule has 0 bridgehead atoms. The van der Waals surface area contributed by atoms with Gasteiger partial charge in [-0.3, -0.25) is 0 Å². The number of hydrogen-bond acceptors (Lipinski definition) is 2. The number of alkyl halides is 17. The fourth-order valence-electron chi connectivity index (χ4n) is 1.57. The molecule has 0 aliphatic rings. The summed E-state index contributed by atoms with van der Waals surface area (Å²) in [6.07, 6.45) is -7.92. The van der Waals surface area contributed by atoms with E-state index < -0.39 is 66.3 Å². The molecule has 0 saturated heterocycles. The van der Waals surface area contributed by atoms with Crippen LogP contribution in [0.1, 0.15) is 0 Å². The van der Waals surface area contributed by atoms with Gasteiger partial charge in [-0.25, -0.2) is 8.78 Å². The highest BCUT2D eigenvalue weighted by Gasteiger charge is 2.95. The lowest BCUT2D eigenvalue weighted by molar-refractivity contribution is -0.460. The molecule has 0 amide bonds. The highest BCUT2D eigenvalue weighted by atomic mass is 19.4. The summed E-state index contributed by atoms with van der Waals surface area (Å²) in [4.78, 5) is 0. The number of halogens is 19. The van der Waals surface area contributed by atoms with Crippen molar-refractivity contribution in [1.29, 1.82) is 0 Å². The molecule has 0 radical (unpaired) electrons. The summed E-state index contributed by atoms with van der Waals surface area (Å²) >= 11 is 0. The third kappa shape index (κ3) is 3.75. The van der Waals surface area contributed by atoms with Crippen molar-refractivity contribution in [2.75, 3.05) is 0 Å². The summed E-state index contributed by atoms with van der Waals surface area (Å²) in [5, 5.41) is 15.9. The van der Waals surface area contributed by atoms with Gasteiger partial charge < -0.3 is 10.0 Å². The van der Waals surface area contributed by atoms with Crippen molar-refractivity contribution in [3.8, 4) is 0 Å². The third-order valence-corrected chi connectivity index (χ3v) is 3.43. The summed E-state index contributed by atoms with van der Waals surface area (Å²) in [7, 11) is -4.19. The van der Waals surface area contributed by atoms with Crippen LogP contribution in [0.4, 0.5) is 83.4 Å². The summed E-state index contributed by atoms with van der Waals surface area (Å²) < 4.78 is 244. The van der Waals surface area contributed by atoms with Crippen molar-refractivity contribution in [2.45, 2.75) is 47.6 Å². The van der Waals surface area contributed by atoms with Crippen LogP contribution in [0.25, 0.3) is 0 Å². The molecule has 0 aromatic rings. The van der Waals surface area contributed by atoms with Gasteiger partial charge in [0.25, 0.3) is 0 Å². The van der Waals surface area contributed by atoms with E-state index in [1.54, 1.807) is 0 Å². The van der Waals surface area contributed by atoms with Crippen LogP contribution in [0.3, 0.4) is 0 Å². The van der Waals surface area contributed by atoms with Gasteiger partial charge in [0.05, 0.1) is 0 Å². The highest BCUT2D eigenvalue weighted by Crippen LogP contribution is 2.64. The van der Waals surface area contributed by atoms with Gasteiger partial charge in [0.2, 0.25) is 5.83 Å². The first-order chi connectivity index (χ1) is 13.5. The summed E-state index contributed by atoms with van der Waals surface area (Å²) in [5.74, 6) is -64.9. The van der Waals surface area contributed by atoms with Crippen molar-refractivity contribution >= 4 is 7.12 Å². The van der Waals surface area contributed by atoms with Crippen LogP contribution in [0.5, 0.6) is 0 Å². The Morgan fingerprint density at radius 1 is 0.438 bits per heavy atom. The van der Waals surface area contributed by atoms with Crippen LogP contribution < -0.4 is 0 Å². The first kappa shape index (κ1) is 30.4. The van der Waals surface area contributed by atoms with E-state index in [0.717, 1.165) is 0 Å². The Bertz CT molecular complexity index is 735. The number of allylic oxidation sites excluding steroid dienone is 1. The minimum absolute atomic E-state index is 3.92. The van der Waals surface area contributed by atoms with Crippen LogP contribution in [-0.4, -0.2) is 64.8 Å². The zero-order valence-corrected chi connectivity index (χ0v) is 13.7. The van der Waals surface area contributed by atoms with E-state index in [0.29, 0.717) is 0 Å². The summed E-state index contributed by atoms with van der Waals surface area (Å²) in [6, 6.07) is 0. The van der Waals surface area contributed by atoms with Gasteiger partial charge in [0.1, 0.15) is 0 Å². The topological polar surface area (TPSA) is 40.5 Å².